The highest BCUT2D eigenvalue weighted by atomic mass is 35.5. The summed E-state index contributed by atoms with van der Waals surface area (Å²) in [7, 11) is 0. The molecule has 0 aromatic heterocycles. The van der Waals surface area contributed by atoms with Gasteiger partial charge in [0.2, 0.25) is 0 Å². The molecule has 5 nitrogen and oxygen atoms in total. The van der Waals surface area contributed by atoms with Crippen molar-refractivity contribution >= 4 is 41.1 Å². The summed E-state index contributed by atoms with van der Waals surface area (Å²) < 4.78 is 0. The molecule has 1 aromatic carbocycles. The second kappa shape index (κ2) is 7.56. The van der Waals surface area contributed by atoms with Crippen LogP contribution >= 0.6 is 23.4 Å². The molecule has 7 heteroatoms. The summed E-state index contributed by atoms with van der Waals surface area (Å²) in [5.41, 5.74) is 0.486. The van der Waals surface area contributed by atoms with E-state index in [1.54, 1.807) is 0 Å². The van der Waals surface area contributed by atoms with Gasteiger partial charge >= 0.3 is 12.0 Å². The van der Waals surface area contributed by atoms with Crippen molar-refractivity contribution in [1.82, 2.24) is 5.32 Å². The Morgan fingerprint density at radius 3 is 2.81 bits per heavy atom. The molecule has 2 rings (SSSR count). The third kappa shape index (κ3) is 4.82. The predicted octanol–water partition coefficient (Wildman–Crippen LogP) is 3.45. The second-order valence-electron chi connectivity index (χ2n) is 4.82. The van der Waals surface area contributed by atoms with Gasteiger partial charge < -0.3 is 15.7 Å². The fourth-order valence-corrected chi connectivity index (χ4v) is 3.56. The summed E-state index contributed by atoms with van der Waals surface area (Å²) in [6.07, 6.45) is 3.58. The van der Waals surface area contributed by atoms with E-state index in [0.29, 0.717) is 17.5 Å². The van der Waals surface area contributed by atoms with Crippen molar-refractivity contribution in [3.63, 3.8) is 0 Å². The van der Waals surface area contributed by atoms with Gasteiger partial charge in [-0.2, -0.15) is 11.8 Å². The standard InChI is InChI=1S/C14H17ClN2O3S/c15-11-7-9(13(18)19)4-5-12(11)17-14(20)16-8-10-3-1-2-6-21-10/h4-5,7,10H,1-3,6,8H2,(H,18,19)(H2,16,17,20). The van der Waals surface area contributed by atoms with Crippen molar-refractivity contribution < 1.29 is 14.7 Å². The minimum Gasteiger partial charge on any atom is -0.478 e. The number of halogens is 1. The molecule has 1 fully saturated rings. The van der Waals surface area contributed by atoms with Gasteiger partial charge in [0.05, 0.1) is 16.3 Å². The van der Waals surface area contributed by atoms with E-state index in [1.807, 2.05) is 11.8 Å². The van der Waals surface area contributed by atoms with Gasteiger partial charge in [-0.3, -0.25) is 0 Å². The minimum atomic E-state index is -1.05. The first-order valence-corrected chi connectivity index (χ1v) is 8.18. The van der Waals surface area contributed by atoms with Crippen molar-refractivity contribution in [1.29, 1.82) is 0 Å². The van der Waals surface area contributed by atoms with E-state index in [9.17, 15) is 9.59 Å². The largest absolute Gasteiger partial charge is 0.478 e. The van der Waals surface area contributed by atoms with Crippen LogP contribution in [0.15, 0.2) is 18.2 Å². The molecular weight excluding hydrogens is 312 g/mol. The van der Waals surface area contributed by atoms with E-state index < -0.39 is 5.97 Å². The second-order valence-corrected chi connectivity index (χ2v) is 6.64. The molecule has 21 heavy (non-hydrogen) atoms. The van der Waals surface area contributed by atoms with E-state index in [1.165, 1.54) is 31.0 Å². The molecule has 0 saturated carbocycles. The highest BCUT2D eigenvalue weighted by molar-refractivity contribution is 7.99. The van der Waals surface area contributed by atoms with Crippen LogP contribution in [0.5, 0.6) is 0 Å². The van der Waals surface area contributed by atoms with Gasteiger partial charge in [-0.15, -0.1) is 0 Å². The molecule has 1 heterocycles. The highest BCUT2D eigenvalue weighted by Gasteiger charge is 2.15. The summed E-state index contributed by atoms with van der Waals surface area (Å²) in [6, 6.07) is 3.88. The first-order chi connectivity index (χ1) is 10.1. The van der Waals surface area contributed by atoms with E-state index >= 15 is 0 Å². The molecule has 3 N–H and O–H groups in total. The summed E-state index contributed by atoms with van der Waals surface area (Å²) in [5, 5.41) is 15.0. The number of aromatic carboxylic acids is 1. The van der Waals surface area contributed by atoms with Gasteiger partial charge in [-0.25, -0.2) is 9.59 Å². The molecule has 114 valence electrons. The number of benzene rings is 1. The van der Waals surface area contributed by atoms with Crippen molar-refractivity contribution in [2.75, 3.05) is 17.6 Å². The van der Waals surface area contributed by atoms with Crippen LogP contribution < -0.4 is 10.6 Å². The number of carboxylic acid groups (broad SMARTS) is 1. The topological polar surface area (TPSA) is 78.4 Å². The van der Waals surface area contributed by atoms with Crippen molar-refractivity contribution in [2.45, 2.75) is 24.5 Å². The zero-order chi connectivity index (χ0) is 15.2. The molecule has 1 aromatic rings. The Bertz CT molecular complexity index is 533. The number of urea groups is 1. The third-order valence-corrected chi connectivity index (χ3v) is 4.94. The number of carbonyl (C=O) groups is 2. The van der Waals surface area contributed by atoms with Gasteiger partial charge in [0, 0.05) is 11.8 Å². The quantitative estimate of drug-likeness (QED) is 0.791. The Morgan fingerprint density at radius 2 is 2.19 bits per heavy atom. The number of carbonyl (C=O) groups excluding carboxylic acids is 1. The molecule has 0 radical (unpaired) electrons. The lowest BCUT2D eigenvalue weighted by atomic mass is 10.2. The molecule has 0 spiro atoms. The average Bonchev–Trinajstić information content (AvgIpc) is 2.48. The van der Waals surface area contributed by atoms with Crippen molar-refractivity contribution in [2.24, 2.45) is 0 Å². The Labute approximate surface area is 132 Å². The highest BCUT2D eigenvalue weighted by Crippen LogP contribution is 2.25. The number of hydrogen-bond acceptors (Lipinski definition) is 3. The van der Waals surface area contributed by atoms with Gasteiger partial charge in [-0.05, 0) is 36.8 Å². The molecule has 1 aliphatic rings. The maximum absolute atomic E-state index is 11.8. The van der Waals surface area contributed by atoms with Crippen LogP contribution in [0.1, 0.15) is 29.6 Å². The Kier molecular flexibility index (Phi) is 5.76. The maximum Gasteiger partial charge on any atom is 0.335 e. The molecular formula is C14H17ClN2O3S. The van der Waals surface area contributed by atoms with E-state index in [2.05, 4.69) is 10.6 Å². The summed E-state index contributed by atoms with van der Waals surface area (Å²) in [6.45, 7) is 0.626. The fourth-order valence-electron chi connectivity index (χ4n) is 2.09. The number of thioether (sulfide) groups is 1. The van der Waals surface area contributed by atoms with Crippen LogP contribution in [0.4, 0.5) is 10.5 Å². The average molecular weight is 329 g/mol. The van der Waals surface area contributed by atoms with Gasteiger partial charge in [0.15, 0.2) is 0 Å². The van der Waals surface area contributed by atoms with Crippen LogP contribution in [-0.4, -0.2) is 34.7 Å². The number of rotatable bonds is 4. The minimum absolute atomic E-state index is 0.0876. The zero-order valence-corrected chi connectivity index (χ0v) is 13.0. The van der Waals surface area contributed by atoms with E-state index in [4.69, 9.17) is 16.7 Å². The predicted molar refractivity (Wildman–Crippen MR) is 85.5 cm³/mol. The first-order valence-electron chi connectivity index (χ1n) is 6.75. The number of amides is 2. The summed E-state index contributed by atoms with van der Waals surface area (Å²) in [4.78, 5) is 22.6. The molecule has 0 aliphatic carbocycles. The van der Waals surface area contributed by atoms with Crippen molar-refractivity contribution in [3.05, 3.63) is 28.8 Å². The molecule has 0 bridgehead atoms. The lowest BCUT2D eigenvalue weighted by Gasteiger charge is -2.21. The summed E-state index contributed by atoms with van der Waals surface area (Å²) >= 11 is 7.84. The van der Waals surface area contributed by atoms with E-state index in [0.717, 1.165) is 12.2 Å². The first kappa shape index (κ1) is 16.0. The Balaban J connectivity index is 1.85. The fraction of sp³-hybridized carbons (Fsp3) is 0.429. The third-order valence-electron chi connectivity index (χ3n) is 3.23. The molecule has 1 unspecified atom stereocenters. The molecule has 2 amide bonds. The Hall–Kier alpha value is -1.40. The Morgan fingerprint density at radius 1 is 1.38 bits per heavy atom. The van der Waals surface area contributed by atoms with Gasteiger partial charge in [-0.1, -0.05) is 18.0 Å². The van der Waals surface area contributed by atoms with Gasteiger partial charge in [0.1, 0.15) is 0 Å². The SMILES string of the molecule is O=C(NCC1CCCCS1)Nc1ccc(C(=O)O)cc1Cl. The number of nitrogens with one attached hydrogen (secondary N) is 2. The van der Waals surface area contributed by atoms with Crippen LogP contribution in [0, 0.1) is 0 Å². The monoisotopic (exact) mass is 328 g/mol. The lowest BCUT2D eigenvalue weighted by molar-refractivity contribution is 0.0697. The molecule has 1 aliphatic heterocycles. The number of carboxylic acids is 1. The summed E-state index contributed by atoms with van der Waals surface area (Å²) in [5.74, 6) is 0.0958. The van der Waals surface area contributed by atoms with Crippen LogP contribution in [0.25, 0.3) is 0 Å². The van der Waals surface area contributed by atoms with Crippen LogP contribution in [-0.2, 0) is 0 Å². The molecule has 1 saturated heterocycles. The zero-order valence-electron chi connectivity index (χ0n) is 11.4. The number of anilines is 1. The van der Waals surface area contributed by atoms with E-state index in [-0.39, 0.29) is 16.6 Å². The number of hydrogen-bond donors (Lipinski definition) is 3. The molecule has 1 atom stereocenters. The smallest absolute Gasteiger partial charge is 0.335 e. The normalized spacial score (nSPS) is 18.0. The van der Waals surface area contributed by atoms with Crippen molar-refractivity contribution in [3.8, 4) is 0 Å². The lowest BCUT2D eigenvalue weighted by Crippen LogP contribution is -2.35. The van der Waals surface area contributed by atoms with Gasteiger partial charge in [0.25, 0.3) is 0 Å². The van der Waals surface area contributed by atoms with Crippen LogP contribution in [0.2, 0.25) is 5.02 Å². The maximum atomic E-state index is 11.8. The van der Waals surface area contributed by atoms with Crippen LogP contribution in [0.3, 0.4) is 0 Å².